The molecule has 0 saturated heterocycles. The third kappa shape index (κ3) is 3.66. The first-order valence-electron chi connectivity index (χ1n) is 7.51. The molecule has 0 atom stereocenters. The zero-order valence-electron chi connectivity index (χ0n) is 12.6. The van der Waals surface area contributed by atoms with Crippen LogP contribution in [0.4, 0.5) is 5.69 Å². The Labute approximate surface area is 134 Å². The summed E-state index contributed by atoms with van der Waals surface area (Å²) in [7, 11) is 0. The van der Waals surface area contributed by atoms with Crippen LogP contribution in [0.1, 0.15) is 40.4 Å². The molecule has 0 radical (unpaired) electrons. The van der Waals surface area contributed by atoms with Crippen LogP contribution in [0.15, 0.2) is 43.1 Å². The normalized spacial score (nSPS) is 13.4. The average molecular weight is 310 g/mol. The molecule has 1 aromatic carbocycles. The highest BCUT2D eigenvalue weighted by Gasteiger charge is 2.28. The van der Waals surface area contributed by atoms with E-state index in [9.17, 15) is 9.59 Å². The predicted molar refractivity (Wildman–Crippen MR) is 87.0 cm³/mol. The molecule has 0 unspecified atom stereocenters. The van der Waals surface area contributed by atoms with E-state index in [1.165, 1.54) is 6.08 Å². The number of carbonyl (C=O) groups is 2. The zero-order chi connectivity index (χ0) is 16.2. The maximum atomic E-state index is 12.3. The summed E-state index contributed by atoms with van der Waals surface area (Å²) in [5, 5.41) is 12.5. The molecule has 0 bridgehead atoms. The highest BCUT2D eigenvalue weighted by atomic mass is 16.2. The van der Waals surface area contributed by atoms with Gasteiger partial charge in [-0.25, -0.2) is 0 Å². The molecular weight excluding hydrogens is 292 g/mol. The molecule has 2 aromatic rings. The van der Waals surface area contributed by atoms with E-state index in [0.29, 0.717) is 18.0 Å². The second-order valence-electron chi connectivity index (χ2n) is 5.54. The van der Waals surface area contributed by atoms with E-state index in [0.717, 1.165) is 29.8 Å². The van der Waals surface area contributed by atoms with Gasteiger partial charge in [-0.15, -0.1) is 0 Å². The number of hydrogen-bond donors (Lipinski definition) is 3. The highest BCUT2D eigenvalue weighted by molar-refractivity contribution is 6.04. The van der Waals surface area contributed by atoms with Gasteiger partial charge in [0.25, 0.3) is 5.91 Å². The smallest absolute Gasteiger partial charge is 0.255 e. The summed E-state index contributed by atoms with van der Waals surface area (Å²) in [6.07, 6.45) is 5.14. The number of amides is 2. The van der Waals surface area contributed by atoms with E-state index < -0.39 is 0 Å². The Morgan fingerprint density at radius 1 is 1.30 bits per heavy atom. The summed E-state index contributed by atoms with van der Waals surface area (Å²) in [6, 6.07) is 7.11. The summed E-state index contributed by atoms with van der Waals surface area (Å²) in [5.41, 5.74) is 3.23. The lowest BCUT2D eigenvalue weighted by atomic mass is 10.1. The number of benzene rings is 1. The summed E-state index contributed by atoms with van der Waals surface area (Å²) < 4.78 is 0. The lowest BCUT2D eigenvalue weighted by molar-refractivity contribution is -0.116. The van der Waals surface area contributed by atoms with Gasteiger partial charge in [0.2, 0.25) is 5.91 Å². The van der Waals surface area contributed by atoms with Crippen molar-refractivity contribution >= 4 is 17.5 Å². The number of nitrogens with one attached hydrogen (secondary N) is 3. The van der Waals surface area contributed by atoms with Gasteiger partial charge in [-0.2, -0.15) is 5.10 Å². The summed E-state index contributed by atoms with van der Waals surface area (Å²) in [5.74, 6) is 0.0954. The third-order valence-corrected chi connectivity index (χ3v) is 3.77. The fourth-order valence-electron chi connectivity index (χ4n) is 2.31. The van der Waals surface area contributed by atoms with Crippen LogP contribution >= 0.6 is 0 Å². The number of nitrogens with zero attached hydrogens (tertiary/aromatic N) is 1. The topological polar surface area (TPSA) is 86.9 Å². The molecule has 1 aliphatic rings. The van der Waals surface area contributed by atoms with Crippen molar-refractivity contribution in [3.8, 4) is 0 Å². The van der Waals surface area contributed by atoms with Crippen LogP contribution in [0, 0.1) is 0 Å². The molecule has 1 aromatic heterocycles. The van der Waals surface area contributed by atoms with E-state index in [1.54, 1.807) is 18.3 Å². The molecule has 2 amide bonds. The van der Waals surface area contributed by atoms with Crippen LogP contribution in [0.2, 0.25) is 0 Å². The molecule has 0 spiro atoms. The van der Waals surface area contributed by atoms with Gasteiger partial charge in [-0.1, -0.05) is 18.7 Å². The zero-order valence-corrected chi connectivity index (χ0v) is 12.6. The Bertz CT molecular complexity index is 729. The van der Waals surface area contributed by atoms with Crippen LogP contribution < -0.4 is 10.6 Å². The number of carbonyl (C=O) groups excluding carboxylic acids is 2. The molecule has 1 heterocycles. The molecule has 118 valence electrons. The number of H-pyrrole nitrogens is 1. The maximum Gasteiger partial charge on any atom is 0.255 e. The molecule has 1 aliphatic carbocycles. The Morgan fingerprint density at radius 3 is 2.70 bits per heavy atom. The number of anilines is 1. The first kappa shape index (κ1) is 15.0. The quantitative estimate of drug-likeness (QED) is 0.716. The third-order valence-electron chi connectivity index (χ3n) is 3.77. The number of aromatic nitrogens is 2. The number of aromatic amines is 1. The van der Waals surface area contributed by atoms with E-state index in [-0.39, 0.29) is 11.8 Å². The fraction of sp³-hybridized carbons (Fsp3) is 0.235. The molecule has 6 heteroatoms. The van der Waals surface area contributed by atoms with Crippen LogP contribution in [-0.2, 0) is 11.3 Å². The standard InChI is InChI=1S/C17H18N4O2/c1-2-15(22)18-9-11-3-5-13(6-4-11)17(23)20-14-10-19-21-16(14)12-7-8-12/h2-6,10,12H,1,7-9H2,(H,18,22)(H,19,21)(H,20,23). The van der Waals surface area contributed by atoms with Crippen molar-refractivity contribution in [2.45, 2.75) is 25.3 Å². The van der Waals surface area contributed by atoms with Crippen molar-refractivity contribution in [3.63, 3.8) is 0 Å². The van der Waals surface area contributed by atoms with Crippen molar-refractivity contribution in [2.75, 3.05) is 5.32 Å². The van der Waals surface area contributed by atoms with Crippen molar-refractivity contribution in [1.82, 2.24) is 15.5 Å². The van der Waals surface area contributed by atoms with E-state index in [2.05, 4.69) is 27.4 Å². The molecular formula is C17H18N4O2. The number of hydrogen-bond acceptors (Lipinski definition) is 3. The Balaban J connectivity index is 1.62. The van der Waals surface area contributed by atoms with Crippen molar-refractivity contribution in [3.05, 3.63) is 59.9 Å². The minimum Gasteiger partial charge on any atom is -0.348 e. The Kier molecular flexibility index (Phi) is 4.23. The van der Waals surface area contributed by atoms with E-state index >= 15 is 0 Å². The highest BCUT2D eigenvalue weighted by Crippen LogP contribution is 2.42. The van der Waals surface area contributed by atoms with Gasteiger partial charge in [-0.3, -0.25) is 14.7 Å². The van der Waals surface area contributed by atoms with Crippen LogP contribution in [0.25, 0.3) is 0 Å². The minimum atomic E-state index is -0.223. The second kappa shape index (κ2) is 6.48. The lowest BCUT2D eigenvalue weighted by Gasteiger charge is -2.07. The Morgan fingerprint density at radius 2 is 2.04 bits per heavy atom. The molecule has 3 rings (SSSR count). The molecule has 3 N–H and O–H groups in total. The predicted octanol–water partition coefficient (Wildman–Crippen LogP) is 2.34. The largest absolute Gasteiger partial charge is 0.348 e. The first-order chi connectivity index (χ1) is 11.2. The van der Waals surface area contributed by atoms with Gasteiger partial charge in [0.1, 0.15) is 0 Å². The van der Waals surface area contributed by atoms with E-state index in [4.69, 9.17) is 0 Å². The van der Waals surface area contributed by atoms with Gasteiger partial charge < -0.3 is 10.6 Å². The van der Waals surface area contributed by atoms with Crippen molar-refractivity contribution in [1.29, 1.82) is 0 Å². The van der Waals surface area contributed by atoms with Gasteiger partial charge in [-0.05, 0) is 36.6 Å². The van der Waals surface area contributed by atoms with Gasteiger partial charge >= 0.3 is 0 Å². The fourth-order valence-corrected chi connectivity index (χ4v) is 2.31. The van der Waals surface area contributed by atoms with Crippen molar-refractivity contribution < 1.29 is 9.59 Å². The molecule has 0 aliphatic heterocycles. The molecule has 23 heavy (non-hydrogen) atoms. The Hall–Kier alpha value is -2.89. The summed E-state index contributed by atoms with van der Waals surface area (Å²) >= 11 is 0. The van der Waals surface area contributed by atoms with Crippen LogP contribution in [-0.4, -0.2) is 22.0 Å². The molecule has 1 saturated carbocycles. The SMILES string of the molecule is C=CC(=O)NCc1ccc(C(=O)Nc2cn[nH]c2C2CC2)cc1. The molecule has 1 fully saturated rings. The average Bonchev–Trinajstić information content (AvgIpc) is 3.32. The van der Waals surface area contributed by atoms with Crippen LogP contribution in [0.3, 0.4) is 0 Å². The van der Waals surface area contributed by atoms with Gasteiger partial charge in [0, 0.05) is 18.0 Å². The monoisotopic (exact) mass is 310 g/mol. The van der Waals surface area contributed by atoms with E-state index in [1.807, 2.05) is 12.1 Å². The maximum absolute atomic E-state index is 12.3. The molecule has 6 nitrogen and oxygen atoms in total. The van der Waals surface area contributed by atoms with Gasteiger partial charge in [0.15, 0.2) is 0 Å². The second-order valence-corrected chi connectivity index (χ2v) is 5.54. The van der Waals surface area contributed by atoms with Crippen molar-refractivity contribution in [2.24, 2.45) is 0 Å². The van der Waals surface area contributed by atoms with Crippen LogP contribution in [0.5, 0.6) is 0 Å². The summed E-state index contributed by atoms with van der Waals surface area (Å²) in [4.78, 5) is 23.4. The van der Waals surface area contributed by atoms with Gasteiger partial charge in [0.05, 0.1) is 17.6 Å². The number of rotatable bonds is 6. The minimum absolute atomic E-state index is 0.171. The lowest BCUT2D eigenvalue weighted by Crippen LogP contribution is -2.20. The first-order valence-corrected chi connectivity index (χ1v) is 7.51. The summed E-state index contributed by atoms with van der Waals surface area (Å²) in [6.45, 7) is 3.80.